The number of fused-ring (bicyclic) bond motifs is 1. The van der Waals surface area contributed by atoms with Crippen LogP contribution in [-0.2, 0) is 22.4 Å². The van der Waals surface area contributed by atoms with Crippen molar-refractivity contribution in [1.29, 1.82) is 0 Å². The van der Waals surface area contributed by atoms with Gasteiger partial charge in [0.05, 0.1) is 24.4 Å². The highest BCUT2D eigenvalue weighted by molar-refractivity contribution is 5.82. The van der Waals surface area contributed by atoms with Gasteiger partial charge in [-0.3, -0.25) is 4.68 Å². The molecular formula is C16H23N3O2. The van der Waals surface area contributed by atoms with Gasteiger partial charge in [0.15, 0.2) is 6.29 Å². The predicted molar refractivity (Wildman–Crippen MR) is 82.3 cm³/mol. The molecular weight excluding hydrogens is 266 g/mol. The quantitative estimate of drug-likeness (QED) is 0.883. The lowest BCUT2D eigenvalue weighted by Gasteiger charge is -2.18. The Kier molecular flexibility index (Phi) is 4.53. The van der Waals surface area contributed by atoms with Gasteiger partial charge in [0.2, 0.25) is 0 Å². The Bertz CT molecular complexity index is 590. The maximum atomic E-state index is 5.55. The molecule has 1 aromatic carbocycles. The Hall–Kier alpha value is -1.43. The van der Waals surface area contributed by atoms with Crippen molar-refractivity contribution in [3.8, 4) is 0 Å². The van der Waals surface area contributed by atoms with E-state index >= 15 is 0 Å². The fourth-order valence-corrected chi connectivity index (χ4v) is 2.90. The molecule has 0 aliphatic carbocycles. The largest absolute Gasteiger partial charge is 0.350 e. The van der Waals surface area contributed by atoms with Crippen LogP contribution >= 0.6 is 0 Å². The number of likely N-dealkylation sites (N-methyl/N-ethyl adjacent to an activating group) is 1. The van der Waals surface area contributed by atoms with Gasteiger partial charge in [-0.2, -0.15) is 5.10 Å². The zero-order valence-corrected chi connectivity index (χ0v) is 12.7. The van der Waals surface area contributed by atoms with E-state index in [0.717, 1.165) is 25.1 Å². The molecule has 2 aromatic rings. The van der Waals surface area contributed by atoms with Gasteiger partial charge in [-0.25, -0.2) is 0 Å². The van der Waals surface area contributed by atoms with E-state index in [-0.39, 0.29) is 6.29 Å². The number of ether oxygens (including phenoxy) is 2. The van der Waals surface area contributed by atoms with Crippen LogP contribution in [0.4, 0.5) is 0 Å². The van der Waals surface area contributed by atoms with Crippen molar-refractivity contribution in [2.45, 2.75) is 38.6 Å². The number of nitrogens with one attached hydrogen (secondary N) is 1. The van der Waals surface area contributed by atoms with Crippen molar-refractivity contribution >= 4 is 10.9 Å². The molecule has 3 rings (SSSR count). The first-order valence-corrected chi connectivity index (χ1v) is 7.66. The van der Waals surface area contributed by atoms with Crippen molar-refractivity contribution in [2.75, 3.05) is 20.3 Å². The van der Waals surface area contributed by atoms with Gasteiger partial charge < -0.3 is 14.8 Å². The molecule has 0 radical (unpaired) electrons. The lowest BCUT2D eigenvalue weighted by molar-refractivity contribution is -0.0522. The Morgan fingerprint density at radius 2 is 2.10 bits per heavy atom. The van der Waals surface area contributed by atoms with E-state index in [2.05, 4.69) is 41.2 Å². The van der Waals surface area contributed by atoms with Crippen LogP contribution in [0.1, 0.15) is 19.0 Å². The van der Waals surface area contributed by atoms with Gasteiger partial charge in [0, 0.05) is 30.8 Å². The molecule has 1 saturated heterocycles. The van der Waals surface area contributed by atoms with Crippen LogP contribution in [0.5, 0.6) is 0 Å². The minimum Gasteiger partial charge on any atom is -0.350 e. The van der Waals surface area contributed by atoms with Crippen molar-refractivity contribution in [3.63, 3.8) is 0 Å². The molecule has 5 nitrogen and oxygen atoms in total. The Balaban J connectivity index is 1.79. The van der Waals surface area contributed by atoms with E-state index in [1.54, 1.807) is 0 Å². The summed E-state index contributed by atoms with van der Waals surface area (Å²) in [6, 6.07) is 8.73. The Morgan fingerprint density at radius 3 is 2.81 bits per heavy atom. The summed E-state index contributed by atoms with van der Waals surface area (Å²) in [5.41, 5.74) is 2.35. The SMILES string of the molecule is CCn1nc(CC(CC2OCCO2)NC)c2ccccc21. The summed E-state index contributed by atoms with van der Waals surface area (Å²) in [5, 5.41) is 9.37. The predicted octanol–water partition coefficient (Wildman–Crippen LogP) is 1.95. The van der Waals surface area contributed by atoms with Gasteiger partial charge in [0.1, 0.15) is 0 Å². The second-order valence-corrected chi connectivity index (χ2v) is 5.38. The Morgan fingerprint density at radius 1 is 1.33 bits per heavy atom. The second-order valence-electron chi connectivity index (χ2n) is 5.38. The maximum absolute atomic E-state index is 5.55. The number of nitrogens with zero attached hydrogens (tertiary/aromatic N) is 2. The first kappa shape index (κ1) is 14.5. The lowest BCUT2D eigenvalue weighted by atomic mass is 10.1. The van der Waals surface area contributed by atoms with Crippen molar-refractivity contribution in [3.05, 3.63) is 30.0 Å². The second kappa shape index (κ2) is 6.56. The third-order valence-electron chi connectivity index (χ3n) is 4.05. The molecule has 1 fully saturated rings. The van der Waals surface area contributed by atoms with E-state index in [9.17, 15) is 0 Å². The molecule has 5 heteroatoms. The minimum atomic E-state index is -0.0815. The first-order chi connectivity index (χ1) is 10.3. The number of rotatable bonds is 6. The third kappa shape index (κ3) is 3.10. The van der Waals surface area contributed by atoms with Crippen molar-refractivity contribution < 1.29 is 9.47 Å². The number of benzene rings is 1. The molecule has 0 amide bonds. The van der Waals surface area contributed by atoms with Crippen LogP contribution < -0.4 is 5.32 Å². The summed E-state index contributed by atoms with van der Waals surface area (Å²) in [6.45, 7) is 4.42. The molecule has 0 bridgehead atoms. The smallest absolute Gasteiger partial charge is 0.159 e. The molecule has 1 aliphatic rings. The molecule has 2 heterocycles. The van der Waals surface area contributed by atoms with Crippen LogP contribution in [0.25, 0.3) is 10.9 Å². The first-order valence-electron chi connectivity index (χ1n) is 7.66. The zero-order chi connectivity index (χ0) is 14.7. The van der Waals surface area contributed by atoms with Gasteiger partial charge in [-0.15, -0.1) is 0 Å². The molecule has 1 aromatic heterocycles. The van der Waals surface area contributed by atoms with Crippen LogP contribution in [0.15, 0.2) is 24.3 Å². The Labute approximate surface area is 125 Å². The van der Waals surface area contributed by atoms with Crippen molar-refractivity contribution in [1.82, 2.24) is 15.1 Å². The van der Waals surface area contributed by atoms with E-state index < -0.39 is 0 Å². The fraction of sp³-hybridized carbons (Fsp3) is 0.562. The highest BCUT2D eigenvalue weighted by Crippen LogP contribution is 2.21. The van der Waals surface area contributed by atoms with Gasteiger partial charge >= 0.3 is 0 Å². The van der Waals surface area contributed by atoms with Gasteiger partial charge in [0.25, 0.3) is 0 Å². The maximum Gasteiger partial charge on any atom is 0.159 e. The highest BCUT2D eigenvalue weighted by atomic mass is 16.7. The van der Waals surface area contributed by atoms with Gasteiger partial charge in [-0.1, -0.05) is 18.2 Å². The summed E-state index contributed by atoms with van der Waals surface area (Å²) in [7, 11) is 1.98. The third-order valence-corrected chi connectivity index (χ3v) is 4.05. The van der Waals surface area contributed by atoms with Crippen LogP contribution in [0, 0.1) is 0 Å². The average molecular weight is 289 g/mol. The molecule has 1 aliphatic heterocycles. The zero-order valence-electron chi connectivity index (χ0n) is 12.7. The monoisotopic (exact) mass is 289 g/mol. The number of hydrogen-bond donors (Lipinski definition) is 1. The fourth-order valence-electron chi connectivity index (χ4n) is 2.90. The van der Waals surface area contributed by atoms with Crippen molar-refractivity contribution in [2.24, 2.45) is 0 Å². The minimum absolute atomic E-state index is 0.0815. The lowest BCUT2D eigenvalue weighted by Crippen LogP contribution is -2.32. The topological polar surface area (TPSA) is 48.3 Å². The van der Waals surface area contributed by atoms with Crippen LogP contribution in [0.3, 0.4) is 0 Å². The number of hydrogen-bond acceptors (Lipinski definition) is 4. The normalized spacial score (nSPS) is 17.6. The van der Waals surface area contributed by atoms with E-state index in [0.29, 0.717) is 19.3 Å². The van der Waals surface area contributed by atoms with E-state index in [1.807, 2.05) is 7.05 Å². The molecule has 0 spiro atoms. The number of para-hydroxylation sites is 1. The summed E-state index contributed by atoms with van der Waals surface area (Å²) < 4.78 is 13.2. The number of aryl methyl sites for hydroxylation is 1. The van der Waals surface area contributed by atoms with E-state index in [1.165, 1.54) is 10.9 Å². The van der Waals surface area contributed by atoms with Crippen LogP contribution in [0.2, 0.25) is 0 Å². The molecule has 114 valence electrons. The standard InChI is InChI=1S/C16H23N3O2/c1-3-19-15-7-5-4-6-13(15)14(18-19)10-12(17-2)11-16-20-8-9-21-16/h4-7,12,16-17H,3,8-11H2,1-2H3. The molecule has 0 saturated carbocycles. The molecule has 1 unspecified atom stereocenters. The average Bonchev–Trinajstić information content (AvgIpc) is 3.14. The molecule has 1 atom stereocenters. The summed E-state index contributed by atoms with van der Waals surface area (Å²) >= 11 is 0. The van der Waals surface area contributed by atoms with Crippen LogP contribution in [-0.4, -0.2) is 42.4 Å². The van der Waals surface area contributed by atoms with E-state index in [4.69, 9.17) is 14.6 Å². The summed E-state index contributed by atoms with van der Waals surface area (Å²) in [5.74, 6) is 0. The number of aromatic nitrogens is 2. The molecule has 21 heavy (non-hydrogen) atoms. The highest BCUT2D eigenvalue weighted by Gasteiger charge is 2.22. The molecule has 1 N–H and O–H groups in total. The summed E-state index contributed by atoms with van der Waals surface area (Å²) in [4.78, 5) is 0. The van der Waals surface area contributed by atoms with Gasteiger partial charge in [-0.05, 0) is 20.0 Å². The summed E-state index contributed by atoms with van der Waals surface area (Å²) in [6.07, 6.45) is 1.65.